The van der Waals surface area contributed by atoms with Crippen LogP contribution in [0.3, 0.4) is 0 Å². The molecule has 0 fully saturated rings. The van der Waals surface area contributed by atoms with E-state index in [0.29, 0.717) is 11.3 Å². The molecule has 0 aliphatic heterocycles. The molecule has 0 aliphatic rings. The molecule has 0 aromatic carbocycles. The van der Waals surface area contributed by atoms with Crippen LogP contribution in [0.25, 0.3) is 34.8 Å². The third-order valence-corrected chi connectivity index (χ3v) is 4.28. The molecule has 5 aromatic rings. The maximum absolute atomic E-state index is 12.7. The lowest BCUT2D eigenvalue weighted by atomic mass is 10.4. The average Bonchev–Trinajstić information content (AvgIpc) is 3.45. The van der Waals surface area contributed by atoms with E-state index in [0.717, 1.165) is 4.68 Å². The zero-order chi connectivity index (χ0) is 21.0. The fourth-order valence-electron chi connectivity index (χ4n) is 2.72. The van der Waals surface area contributed by atoms with Crippen LogP contribution in [0.15, 0.2) is 28.9 Å². The van der Waals surface area contributed by atoms with Gasteiger partial charge in [-0.25, -0.2) is 9.97 Å². The SMILES string of the molecule is Cc1nc(-c2nc(-c3c(Cl)nc4ccccn34)no2)nn1-c1n[nH]c(C(F)(F)F)n1. The Hall–Kier alpha value is -3.81. The van der Waals surface area contributed by atoms with Crippen LogP contribution in [-0.2, 0) is 6.18 Å². The standard InChI is InChI=1S/C15H8ClF3N10O/c1-6-20-11(26-29(6)14-23-13(24-25-14)15(17,18)19)12-22-10(27-30-12)8-9(16)21-7-4-2-3-5-28(7)8/h2-5H,1H3,(H,23,24,25). The first-order chi connectivity index (χ1) is 14.3. The van der Waals surface area contributed by atoms with Crippen molar-refractivity contribution in [2.75, 3.05) is 0 Å². The molecule has 11 nitrogen and oxygen atoms in total. The molecular formula is C15H8ClF3N10O. The van der Waals surface area contributed by atoms with Crippen molar-refractivity contribution in [2.45, 2.75) is 13.1 Å². The molecule has 0 spiro atoms. The Labute approximate surface area is 168 Å². The lowest BCUT2D eigenvalue weighted by Crippen LogP contribution is -2.08. The number of hydrogen-bond acceptors (Lipinski definition) is 8. The molecule has 0 bridgehead atoms. The Balaban J connectivity index is 1.52. The first kappa shape index (κ1) is 18.2. The van der Waals surface area contributed by atoms with Crippen molar-refractivity contribution < 1.29 is 17.7 Å². The fourth-order valence-corrected chi connectivity index (χ4v) is 2.98. The van der Waals surface area contributed by atoms with Crippen molar-refractivity contribution in [3.63, 3.8) is 0 Å². The van der Waals surface area contributed by atoms with Crippen LogP contribution in [0.2, 0.25) is 5.15 Å². The van der Waals surface area contributed by atoms with Gasteiger partial charge in [-0.2, -0.15) is 27.8 Å². The lowest BCUT2D eigenvalue weighted by Gasteiger charge is -1.98. The summed E-state index contributed by atoms with van der Waals surface area (Å²) in [6.45, 7) is 1.51. The number of fused-ring (bicyclic) bond motifs is 1. The Kier molecular flexibility index (Phi) is 3.86. The number of halogens is 4. The number of pyridine rings is 1. The van der Waals surface area contributed by atoms with E-state index >= 15 is 0 Å². The number of aromatic nitrogens is 10. The van der Waals surface area contributed by atoms with Gasteiger partial charge in [0.25, 0.3) is 11.8 Å². The summed E-state index contributed by atoms with van der Waals surface area (Å²) in [7, 11) is 0. The van der Waals surface area contributed by atoms with Gasteiger partial charge in [-0.3, -0.25) is 9.50 Å². The summed E-state index contributed by atoms with van der Waals surface area (Å²) in [5, 5.41) is 13.5. The maximum Gasteiger partial charge on any atom is 0.451 e. The minimum absolute atomic E-state index is 0.0189. The fraction of sp³-hybridized carbons (Fsp3) is 0.133. The first-order valence-corrected chi connectivity index (χ1v) is 8.60. The highest BCUT2D eigenvalue weighted by molar-refractivity contribution is 6.32. The summed E-state index contributed by atoms with van der Waals surface area (Å²) in [5.74, 6) is -1.32. The number of aromatic amines is 1. The van der Waals surface area contributed by atoms with Gasteiger partial charge in [0.15, 0.2) is 5.15 Å². The van der Waals surface area contributed by atoms with E-state index in [1.54, 1.807) is 28.8 Å². The minimum Gasteiger partial charge on any atom is -0.330 e. The molecule has 30 heavy (non-hydrogen) atoms. The zero-order valence-corrected chi connectivity index (χ0v) is 15.5. The Morgan fingerprint density at radius 3 is 2.70 bits per heavy atom. The number of hydrogen-bond donors (Lipinski definition) is 1. The molecule has 5 rings (SSSR count). The van der Waals surface area contributed by atoms with E-state index in [1.807, 2.05) is 5.10 Å². The van der Waals surface area contributed by atoms with E-state index < -0.39 is 12.0 Å². The molecule has 0 unspecified atom stereocenters. The lowest BCUT2D eigenvalue weighted by molar-refractivity contribution is -0.144. The van der Waals surface area contributed by atoms with Gasteiger partial charge >= 0.3 is 6.18 Å². The molecule has 0 saturated carbocycles. The van der Waals surface area contributed by atoms with E-state index in [9.17, 15) is 13.2 Å². The normalized spacial score (nSPS) is 12.2. The van der Waals surface area contributed by atoms with Crippen LogP contribution < -0.4 is 0 Å². The second-order valence-electron chi connectivity index (χ2n) is 5.98. The molecule has 0 aliphatic carbocycles. The molecule has 5 heterocycles. The monoisotopic (exact) mass is 436 g/mol. The molecule has 0 saturated heterocycles. The number of aryl methyl sites for hydroxylation is 1. The van der Waals surface area contributed by atoms with Crippen molar-refractivity contribution in [3.05, 3.63) is 41.2 Å². The molecule has 15 heteroatoms. The van der Waals surface area contributed by atoms with Crippen LogP contribution in [-0.4, -0.2) is 49.5 Å². The quantitative estimate of drug-likeness (QED) is 0.457. The van der Waals surface area contributed by atoms with Crippen LogP contribution in [0.5, 0.6) is 0 Å². The molecule has 0 atom stereocenters. The molecule has 5 aromatic heterocycles. The van der Waals surface area contributed by atoms with Crippen LogP contribution in [0.4, 0.5) is 13.2 Å². The molecule has 0 radical (unpaired) electrons. The minimum atomic E-state index is -4.67. The summed E-state index contributed by atoms with van der Waals surface area (Å²) < 4.78 is 46.1. The summed E-state index contributed by atoms with van der Waals surface area (Å²) >= 11 is 6.21. The van der Waals surface area contributed by atoms with E-state index in [4.69, 9.17) is 16.1 Å². The van der Waals surface area contributed by atoms with Crippen molar-refractivity contribution in [2.24, 2.45) is 0 Å². The van der Waals surface area contributed by atoms with Crippen LogP contribution in [0.1, 0.15) is 11.6 Å². The highest BCUT2D eigenvalue weighted by Crippen LogP contribution is 2.29. The van der Waals surface area contributed by atoms with Crippen molar-refractivity contribution in [1.29, 1.82) is 0 Å². The zero-order valence-electron chi connectivity index (χ0n) is 14.8. The predicted octanol–water partition coefficient (Wildman–Crippen LogP) is 2.73. The largest absolute Gasteiger partial charge is 0.451 e. The number of alkyl halides is 3. The Morgan fingerprint density at radius 1 is 1.10 bits per heavy atom. The predicted molar refractivity (Wildman–Crippen MR) is 93.5 cm³/mol. The smallest absolute Gasteiger partial charge is 0.330 e. The van der Waals surface area contributed by atoms with Gasteiger partial charge < -0.3 is 4.52 Å². The van der Waals surface area contributed by atoms with E-state index in [2.05, 4.69) is 35.3 Å². The van der Waals surface area contributed by atoms with Crippen molar-refractivity contribution >= 4 is 17.2 Å². The van der Waals surface area contributed by atoms with Gasteiger partial charge in [-0.15, -0.1) is 10.2 Å². The third-order valence-electron chi connectivity index (χ3n) is 4.02. The third kappa shape index (κ3) is 2.88. The van der Waals surface area contributed by atoms with E-state index in [1.165, 1.54) is 6.92 Å². The second kappa shape index (κ2) is 6.35. The molecule has 1 N–H and O–H groups in total. The molecule has 0 amide bonds. The van der Waals surface area contributed by atoms with Crippen LogP contribution in [0, 0.1) is 6.92 Å². The second-order valence-corrected chi connectivity index (χ2v) is 6.34. The topological polar surface area (TPSA) is 128 Å². The number of nitrogens with zero attached hydrogens (tertiary/aromatic N) is 9. The highest BCUT2D eigenvalue weighted by atomic mass is 35.5. The van der Waals surface area contributed by atoms with Gasteiger partial charge in [0.05, 0.1) is 0 Å². The van der Waals surface area contributed by atoms with Gasteiger partial charge in [0.1, 0.15) is 17.2 Å². The van der Waals surface area contributed by atoms with Gasteiger partial charge in [0.2, 0.25) is 17.5 Å². The first-order valence-electron chi connectivity index (χ1n) is 8.22. The highest BCUT2D eigenvalue weighted by Gasteiger charge is 2.36. The summed E-state index contributed by atoms with van der Waals surface area (Å²) in [5.41, 5.74) is 0.995. The molecule has 152 valence electrons. The number of nitrogens with one attached hydrogen (secondary N) is 1. The van der Waals surface area contributed by atoms with Gasteiger partial charge in [-0.05, 0) is 19.1 Å². The maximum atomic E-state index is 12.7. The van der Waals surface area contributed by atoms with Crippen molar-refractivity contribution in [1.82, 2.24) is 49.5 Å². The van der Waals surface area contributed by atoms with E-state index in [-0.39, 0.29) is 34.5 Å². The Morgan fingerprint density at radius 2 is 1.93 bits per heavy atom. The van der Waals surface area contributed by atoms with Gasteiger partial charge in [0, 0.05) is 6.20 Å². The van der Waals surface area contributed by atoms with Gasteiger partial charge in [-0.1, -0.05) is 22.8 Å². The van der Waals surface area contributed by atoms with Crippen LogP contribution >= 0.6 is 11.6 Å². The number of H-pyrrole nitrogens is 1. The molecular weight excluding hydrogens is 429 g/mol. The Bertz CT molecular complexity index is 1380. The average molecular weight is 437 g/mol. The van der Waals surface area contributed by atoms with Crippen molar-refractivity contribution in [3.8, 4) is 29.2 Å². The number of imidazole rings is 1. The summed E-state index contributed by atoms with van der Waals surface area (Å²) in [4.78, 5) is 16.0. The summed E-state index contributed by atoms with van der Waals surface area (Å²) in [6, 6.07) is 5.35. The summed E-state index contributed by atoms with van der Waals surface area (Å²) in [6.07, 6.45) is -2.94. The number of rotatable bonds is 3.